The number of nitrogens with zero attached hydrogens (tertiary/aromatic N) is 1. The lowest BCUT2D eigenvalue weighted by Crippen LogP contribution is -2.23. The van der Waals surface area contributed by atoms with Crippen LogP contribution in [0.25, 0.3) is 0 Å². The lowest BCUT2D eigenvalue weighted by Gasteiger charge is -2.10. The molecule has 0 aliphatic heterocycles. The summed E-state index contributed by atoms with van der Waals surface area (Å²) < 4.78 is 27.0. The SMILES string of the molecule is Cc1ccncc1CNS(=O)(=O)c1ccc(Cl)c(CO)c1. The Bertz CT molecular complexity index is 748. The molecule has 0 bridgehead atoms. The Labute approximate surface area is 128 Å². The first-order valence-electron chi connectivity index (χ1n) is 6.22. The molecular formula is C14H15ClN2O3S. The Hall–Kier alpha value is -1.47. The third kappa shape index (κ3) is 3.79. The van der Waals surface area contributed by atoms with Crippen molar-refractivity contribution in [3.8, 4) is 0 Å². The number of benzene rings is 1. The van der Waals surface area contributed by atoms with Gasteiger partial charge < -0.3 is 5.11 Å². The number of nitrogens with one attached hydrogen (secondary N) is 1. The average Bonchev–Trinajstić information content (AvgIpc) is 2.46. The smallest absolute Gasteiger partial charge is 0.240 e. The lowest BCUT2D eigenvalue weighted by atomic mass is 10.2. The Morgan fingerprint density at radius 1 is 1.29 bits per heavy atom. The van der Waals surface area contributed by atoms with E-state index in [1.807, 2.05) is 13.0 Å². The van der Waals surface area contributed by atoms with Gasteiger partial charge in [0, 0.05) is 24.0 Å². The van der Waals surface area contributed by atoms with Crippen molar-refractivity contribution in [1.29, 1.82) is 0 Å². The molecule has 0 amide bonds. The summed E-state index contributed by atoms with van der Waals surface area (Å²) in [5.41, 5.74) is 2.13. The Morgan fingerprint density at radius 3 is 2.71 bits per heavy atom. The van der Waals surface area contributed by atoms with E-state index in [1.165, 1.54) is 18.2 Å². The first-order valence-corrected chi connectivity index (χ1v) is 8.08. The highest BCUT2D eigenvalue weighted by Crippen LogP contribution is 2.20. The van der Waals surface area contributed by atoms with E-state index in [4.69, 9.17) is 16.7 Å². The predicted molar refractivity (Wildman–Crippen MR) is 80.4 cm³/mol. The molecule has 21 heavy (non-hydrogen) atoms. The number of rotatable bonds is 5. The Kier molecular flexibility index (Phi) is 4.95. The minimum Gasteiger partial charge on any atom is -0.392 e. The van der Waals surface area contributed by atoms with Gasteiger partial charge in [0.2, 0.25) is 10.0 Å². The minimum absolute atomic E-state index is 0.0671. The molecule has 2 N–H and O–H groups in total. The highest BCUT2D eigenvalue weighted by atomic mass is 35.5. The van der Waals surface area contributed by atoms with Gasteiger partial charge in [-0.05, 0) is 47.9 Å². The van der Waals surface area contributed by atoms with Gasteiger partial charge in [0.1, 0.15) is 0 Å². The standard InChI is InChI=1S/C14H15ClN2O3S/c1-10-4-5-16-7-12(10)8-17-21(19,20)13-2-3-14(15)11(6-13)9-18/h2-7,17-18H,8-9H2,1H3. The second kappa shape index (κ2) is 6.53. The highest BCUT2D eigenvalue weighted by Gasteiger charge is 2.15. The maximum atomic E-state index is 12.2. The van der Waals surface area contributed by atoms with Crippen molar-refractivity contribution in [3.63, 3.8) is 0 Å². The molecule has 7 heteroatoms. The fourth-order valence-corrected chi connectivity index (χ4v) is 3.01. The van der Waals surface area contributed by atoms with Crippen LogP contribution in [0.3, 0.4) is 0 Å². The lowest BCUT2D eigenvalue weighted by molar-refractivity contribution is 0.281. The molecule has 0 saturated carbocycles. The van der Waals surface area contributed by atoms with Crippen LogP contribution in [0.2, 0.25) is 5.02 Å². The Morgan fingerprint density at radius 2 is 2.05 bits per heavy atom. The maximum Gasteiger partial charge on any atom is 0.240 e. The van der Waals surface area contributed by atoms with Gasteiger partial charge in [-0.2, -0.15) is 0 Å². The summed E-state index contributed by atoms with van der Waals surface area (Å²) in [5, 5.41) is 9.48. The third-order valence-electron chi connectivity index (χ3n) is 3.10. The van der Waals surface area contributed by atoms with Crippen LogP contribution in [0.5, 0.6) is 0 Å². The van der Waals surface area contributed by atoms with Gasteiger partial charge in [-0.1, -0.05) is 11.6 Å². The summed E-state index contributed by atoms with van der Waals surface area (Å²) in [4.78, 5) is 4.04. The number of halogens is 1. The summed E-state index contributed by atoms with van der Waals surface area (Å²) in [7, 11) is -3.67. The van der Waals surface area contributed by atoms with Gasteiger partial charge in [-0.15, -0.1) is 0 Å². The minimum atomic E-state index is -3.67. The van der Waals surface area contributed by atoms with Crippen LogP contribution in [0.4, 0.5) is 0 Å². The third-order valence-corrected chi connectivity index (χ3v) is 4.87. The van der Waals surface area contributed by atoms with Gasteiger partial charge in [0.05, 0.1) is 11.5 Å². The molecule has 0 radical (unpaired) electrons. The second-order valence-electron chi connectivity index (χ2n) is 4.54. The molecule has 0 aliphatic rings. The molecule has 2 rings (SSSR count). The molecule has 0 atom stereocenters. The molecule has 112 valence electrons. The molecule has 5 nitrogen and oxygen atoms in total. The zero-order valence-corrected chi connectivity index (χ0v) is 12.9. The number of aromatic nitrogens is 1. The molecular weight excluding hydrogens is 312 g/mol. The fraction of sp³-hybridized carbons (Fsp3) is 0.214. The molecule has 0 spiro atoms. The van der Waals surface area contributed by atoms with Gasteiger partial charge in [0.25, 0.3) is 0 Å². The summed E-state index contributed by atoms with van der Waals surface area (Å²) in [6, 6.07) is 6.04. The number of hydrogen-bond acceptors (Lipinski definition) is 4. The van der Waals surface area contributed by atoms with E-state index in [9.17, 15) is 8.42 Å². The van der Waals surface area contributed by atoms with E-state index in [1.54, 1.807) is 12.4 Å². The summed E-state index contributed by atoms with van der Waals surface area (Å²) >= 11 is 5.86. The molecule has 2 aromatic rings. The quantitative estimate of drug-likeness (QED) is 0.881. The zero-order chi connectivity index (χ0) is 15.5. The summed E-state index contributed by atoms with van der Waals surface area (Å²) in [5.74, 6) is 0. The van der Waals surface area contributed by atoms with Gasteiger partial charge in [-0.3, -0.25) is 4.98 Å². The van der Waals surface area contributed by atoms with E-state index in [2.05, 4.69) is 9.71 Å². The fourth-order valence-electron chi connectivity index (χ4n) is 1.78. The van der Waals surface area contributed by atoms with E-state index in [0.717, 1.165) is 11.1 Å². The molecule has 0 aliphatic carbocycles. The van der Waals surface area contributed by atoms with Crippen LogP contribution in [0.15, 0.2) is 41.6 Å². The largest absolute Gasteiger partial charge is 0.392 e. The van der Waals surface area contributed by atoms with Crippen molar-refractivity contribution in [3.05, 3.63) is 58.4 Å². The molecule has 0 fully saturated rings. The molecule has 1 aromatic carbocycles. The van der Waals surface area contributed by atoms with Crippen molar-refractivity contribution in [2.24, 2.45) is 0 Å². The van der Waals surface area contributed by atoms with Crippen molar-refractivity contribution in [1.82, 2.24) is 9.71 Å². The number of aryl methyl sites for hydroxylation is 1. The topological polar surface area (TPSA) is 79.3 Å². The van der Waals surface area contributed by atoms with Gasteiger partial charge in [-0.25, -0.2) is 13.1 Å². The van der Waals surface area contributed by atoms with Crippen LogP contribution in [0.1, 0.15) is 16.7 Å². The average molecular weight is 327 g/mol. The number of sulfonamides is 1. The van der Waals surface area contributed by atoms with E-state index < -0.39 is 10.0 Å². The maximum absolute atomic E-state index is 12.2. The highest BCUT2D eigenvalue weighted by molar-refractivity contribution is 7.89. The summed E-state index contributed by atoms with van der Waals surface area (Å²) in [6.07, 6.45) is 3.28. The van der Waals surface area contributed by atoms with Crippen LogP contribution in [-0.2, 0) is 23.2 Å². The van der Waals surface area contributed by atoms with Crippen molar-refractivity contribution >= 4 is 21.6 Å². The van der Waals surface area contributed by atoms with Crippen molar-refractivity contribution in [2.45, 2.75) is 25.0 Å². The number of pyridine rings is 1. The Balaban J connectivity index is 2.21. The van der Waals surface area contributed by atoms with Crippen LogP contribution in [0, 0.1) is 6.92 Å². The monoisotopic (exact) mass is 326 g/mol. The van der Waals surface area contributed by atoms with Crippen molar-refractivity contribution < 1.29 is 13.5 Å². The first kappa shape index (κ1) is 15.9. The number of hydrogen-bond donors (Lipinski definition) is 2. The first-order chi connectivity index (χ1) is 9.94. The van der Waals surface area contributed by atoms with Crippen LogP contribution < -0.4 is 4.72 Å². The predicted octanol–water partition coefficient (Wildman–Crippen LogP) is 2.01. The zero-order valence-electron chi connectivity index (χ0n) is 11.4. The van der Waals surface area contributed by atoms with Crippen molar-refractivity contribution in [2.75, 3.05) is 0 Å². The van der Waals surface area contributed by atoms with Gasteiger partial charge in [0.15, 0.2) is 0 Å². The number of aliphatic hydroxyl groups excluding tert-OH is 1. The van der Waals surface area contributed by atoms with E-state index >= 15 is 0 Å². The van der Waals surface area contributed by atoms with Crippen LogP contribution >= 0.6 is 11.6 Å². The summed E-state index contributed by atoms with van der Waals surface area (Å²) in [6.45, 7) is 1.72. The van der Waals surface area contributed by atoms with Gasteiger partial charge >= 0.3 is 0 Å². The van der Waals surface area contributed by atoms with E-state index in [0.29, 0.717) is 10.6 Å². The molecule has 0 saturated heterocycles. The van der Waals surface area contributed by atoms with E-state index in [-0.39, 0.29) is 18.0 Å². The van der Waals surface area contributed by atoms with Crippen LogP contribution in [-0.4, -0.2) is 18.5 Å². The molecule has 1 aromatic heterocycles. The molecule has 0 unspecified atom stereocenters. The normalized spacial score (nSPS) is 11.6. The number of aliphatic hydroxyl groups is 1. The molecule has 1 heterocycles. The second-order valence-corrected chi connectivity index (χ2v) is 6.71.